The molecule has 1 aromatic carbocycles. The molecule has 0 aromatic heterocycles. The van der Waals surface area contributed by atoms with E-state index >= 15 is 0 Å². The second kappa shape index (κ2) is 9.02. The smallest absolute Gasteiger partial charge is 0.283 e. The zero-order valence-corrected chi connectivity index (χ0v) is 13.4. The van der Waals surface area contributed by atoms with E-state index in [1.807, 2.05) is 13.1 Å². The molecule has 1 aromatic rings. The van der Waals surface area contributed by atoms with Crippen LogP contribution in [0.1, 0.15) is 5.56 Å². The van der Waals surface area contributed by atoms with Gasteiger partial charge in [0.15, 0.2) is 0 Å². The summed E-state index contributed by atoms with van der Waals surface area (Å²) in [7, 11) is 3.72. The summed E-state index contributed by atoms with van der Waals surface area (Å²) >= 11 is 3.18. The molecule has 0 atom stereocenters. The number of methoxy groups -OCH3 is 1. The number of nitro benzene ring substituents is 1. The maximum atomic E-state index is 10.8. The summed E-state index contributed by atoms with van der Waals surface area (Å²) in [6, 6.07) is 5.17. The third kappa shape index (κ3) is 5.96. The molecule has 0 aliphatic rings. The van der Waals surface area contributed by atoms with Crippen LogP contribution in [0.15, 0.2) is 22.7 Å². The van der Waals surface area contributed by atoms with Crippen LogP contribution in [-0.4, -0.2) is 50.2 Å². The van der Waals surface area contributed by atoms with Crippen LogP contribution in [0.5, 0.6) is 0 Å². The lowest BCUT2D eigenvalue weighted by Crippen LogP contribution is -2.31. The van der Waals surface area contributed by atoms with Crippen LogP contribution in [0.25, 0.3) is 0 Å². The molecule has 1 N–H and O–H groups in total. The van der Waals surface area contributed by atoms with Gasteiger partial charge in [0.1, 0.15) is 0 Å². The number of halogens is 1. The maximum absolute atomic E-state index is 10.8. The normalized spacial score (nSPS) is 11.0. The highest BCUT2D eigenvalue weighted by atomic mass is 79.9. The van der Waals surface area contributed by atoms with Gasteiger partial charge in [-0.3, -0.25) is 10.1 Å². The molecule has 7 heteroatoms. The van der Waals surface area contributed by atoms with Crippen molar-refractivity contribution in [2.45, 2.75) is 6.54 Å². The van der Waals surface area contributed by atoms with Gasteiger partial charge < -0.3 is 15.0 Å². The monoisotopic (exact) mass is 345 g/mol. The summed E-state index contributed by atoms with van der Waals surface area (Å²) in [5.41, 5.74) is 1.00. The van der Waals surface area contributed by atoms with Gasteiger partial charge in [0.25, 0.3) is 5.69 Å². The number of ether oxygens (including phenoxy) is 1. The van der Waals surface area contributed by atoms with Crippen molar-refractivity contribution in [3.05, 3.63) is 38.3 Å². The predicted octanol–water partition coefficient (Wildman–Crippen LogP) is 2.03. The Labute approximate surface area is 127 Å². The van der Waals surface area contributed by atoms with Crippen LogP contribution in [-0.2, 0) is 11.3 Å². The van der Waals surface area contributed by atoms with E-state index in [4.69, 9.17) is 4.74 Å². The van der Waals surface area contributed by atoms with Gasteiger partial charge in [-0.25, -0.2) is 0 Å². The Balaban J connectivity index is 2.35. The summed E-state index contributed by atoms with van der Waals surface area (Å²) in [4.78, 5) is 12.6. The SMILES string of the molecule is COCCN(C)CCNCc1ccc(Br)c([N+](=O)[O-])c1. The molecule has 20 heavy (non-hydrogen) atoms. The minimum absolute atomic E-state index is 0.0986. The molecule has 0 bridgehead atoms. The molecule has 0 aliphatic carbocycles. The van der Waals surface area contributed by atoms with E-state index in [0.29, 0.717) is 11.0 Å². The Hall–Kier alpha value is -1.02. The summed E-state index contributed by atoms with van der Waals surface area (Å²) in [6.45, 7) is 3.95. The minimum Gasteiger partial charge on any atom is -0.383 e. The Morgan fingerprint density at radius 2 is 2.20 bits per heavy atom. The van der Waals surface area contributed by atoms with Crippen molar-refractivity contribution >= 4 is 21.6 Å². The van der Waals surface area contributed by atoms with Crippen molar-refractivity contribution in [3.63, 3.8) is 0 Å². The second-order valence-electron chi connectivity index (χ2n) is 4.52. The molecule has 0 aliphatic heterocycles. The van der Waals surface area contributed by atoms with Crippen molar-refractivity contribution in [3.8, 4) is 0 Å². The number of hydrogen-bond donors (Lipinski definition) is 1. The number of nitrogens with one attached hydrogen (secondary N) is 1. The fraction of sp³-hybridized carbons (Fsp3) is 0.538. The quantitative estimate of drug-likeness (QED) is 0.421. The van der Waals surface area contributed by atoms with Crippen LogP contribution in [0.2, 0.25) is 0 Å². The molecule has 0 fully saturated rings. The van der Waals surface area contributed by atoms with Crippen LogP contribution >= 0.6 is 15.9 Å². The Kier molecular flexibility index (Phi) is 7.68. The molecule has 0 amide bonds. The van der Waals surface area contributed by atoms with Gasteiger partial charge in [-0.2, -0.15) is 0 Å². The van der Waals surface area contributed by atoms with Crippen molar-refractivity contribution in [1.82, 2.24) is 10.2 Å². The first kappa shape index (κ1) is 17.0. The number of rotatable bonds is 9. The van der Waals surface area contributed by atoms with Gasteiger partial charge in [0, 0.05) is 39.4 Å². The predicted molar refractivity (Wildman–Crippen MR) is 81.9 cm³/mol. The zero-order chi connectivity index (χ0) is 15.0. The lowest BCUT2D eigenvalue weighted by atomic mass is 10.2. The summed E-state index contributed by atoms with van der Waals surface area (Å²) < 4.78 is 5.51. The highest BCUT2D eigenvalue weighted by Crippen LogP contribution is 2.25. The van der Waals surface area contributed by atoms with Crippen LogP contribution in [0.4, 0.5) is 5.69 Å². The standard InChI is InChI=1S/C13H20BrN3O3/c1-16(7-8-20-2)6-5-15-10-11-3-4-12(14)13(9-11)17(18)19/h3-4,9,15H,5-8,10H2,1-2H3. The van der Waals surface area contributed by atoms with Gasteiger partial charge in [-0.1, -0.05) is 6.07 Å². The van der Waals surface area contributed by atoms with Crippen LogP contribution < -0.4 is 5.32 Å². The lowest BCUT2D eigenvalue weighted by molar-refractivity contribution is -0.385. The summed E-state index contributed by atoms with van der Waals surface area (Å²) in [5.74, 6) is 0. The molecular weight excluding hydrogens is 326 g/mol. The summed E-state index contributed by atoms with van der Waals surface area (Å²) in [5, 5.41) is 14.1. The van der Waals surface area contributed by atoms with Crippen molar-refractivity contribution in [1.29, 1.82) is 0 Å². The average Bonchev–Trinajstić information content (AvgIpc) is 2.42. The van der Waals surface area contributed by atoms with Crippen LogP contribution in [0.3, 0.4) is 0 Å². The largest absolute Gasteiger partial charge is 0.383 e. The first-order valence-electron chi connectivity index (χ1n) is 6.35. The second-order valence-corrected chi connectivity index (χ2v) is 5.37. The zero-order valence-electron chi connectivity index (χ0n) is 11.8. The van der Waals surface area contributed by atoms with Crippen LogP contribution in [0, 0.1) is 10.1 Å². The maximum Gasteiger partial charge on any atom is 0.283 e. The molecule has 112 valence electrons. The first-order chi connectivity index (χ1) is 9.54. The van der Waals surface area contributed by atoms with E-state index < -0.39 is 0 Å². The number of nitrogens with zero attached hydrogens (tertiary/aromatic N) is 2. The third-order valence-corrected chi connectivity index (χ3v) is 3.55. The van der Waals surface area contributed by atoms with Gasteiger partial charge in [-0.15, -0.1) is 0 Å². The van der Waals surface area contributed by atoms with E-state index in [9.17, 15) is 10.1 Å². The topological polar surface area (TPSA) is 67.6 Å². The van der Waals surface area contributed by atoms with E-state index in [1.165, 1.54) is 0 Å². The van der Waals surface area contributed by atoms with Crippen molar-refractivity contribution < 1.29 is 9.66 Å². The number of hydrogen-bond acceptors (Lipinski definition) is 5. The molecular formula is C13H20BrN3O3. The fourth-order valence-corrected chi connectivity index (χ4v) is 2.06. The molecule has 0 unspecified atom stereocenters. The minimum atomic E-state index is -0.383. The molecule has 1 rings (SSSR count). The van der Waals surface area contributed by atoms with Gasteiger partial charge in [0.2, 0.25) is 0 Å². The fourth-order valence-electron chi connectivity index (χ4n) is 1.67. The van der Waals surface area contributed by atoms with E-state index in [0.717, 1.165) is 31.8 Å². The van der Waals surface area contributed by atoms with Gasteiger partial charge in [-0.05, 0) is 34.6 Å². The molecule has 0 saturated carbocycles. The molecule has 0 saturated heterocycles. The highest BCUT2D eigenvalue weighted by Gasteiger charge is 2.11. The van der Waals surface area contributed by atoms with Gasteiger partial charge in [0.05, 0.1) is 16.0 Å². The molecule has 0 spiro atoms. The number of benzene rings is 1. The Bertz CT molecular complexity index is 443. The van der Waals surface area contributed by atoms with Gasteiger partial charge >= 0.3 is 0 Å². The molecule has 0 radical (unpaired) electrons. The van der Waals surface area contributed by atoms with E-state index in [2.05, 4.69) is 26.1 Å². The Morgan fingerprint density at radius 1 is 1.45 bits per heavy atom. The summed E-state index contributed by atoms with van der Waals surface area (Å²) in [6.07, 6.45) is 0. The highest BCUT2D eigenvalue weighted by molar-refractivity contribution is 9.10. The third-order valence-electron chi connectivity index (χ3n) is 2.88. The Morgan fingerprint density at radius 3 is 2.85 bits per heavy atom. The lowest BCUT2D eigenvalue weighted by Gasteiger charge is -2.16. The van der Waals surface area contributed by atoms with Crippen molar-refractivity contribution in [2.24, 2.45) is 0 Å². The first-order valence-corrected chi connectivity index (χ1v) is 7.15. The molecule has 0 heterocycles. The van der Waals surface area contributed by atoms with Crippen molar-refractivity contribution in [2.75, 3.05) is 40.4 Å². The van der Waals surface area contributed by atoms with E-state index in [1.54, 1.807) is 19.2 Å². The number of nitro groups is 1. The average molecular weight is 346 g/mol. The van der Waals surface area contributed by atoms with E-state index in [-0.39, 0.29) is 10.6 Å². The number of likely N-dealkylation sites (N-methyl/N-ethyl adjacent to an activating group) is 1. The molecule has 6 nitrogen and oxygen atoms in total.